The molecule has 21 heavy (non-hydrogen) atoms. The molecule has 1 N–H and O–H groups in total. The second-order valence-corrected chi connectivity index (χ2v) is 8.28. The van der Waals surface area contributed by atoms with Crippen LogP contribution in [0.25, 0.3) is 0 Å². The maximum atomic E-state index is 14.1. The Morgan fingerprint density at radius 2 is 2.24 bits per heavy atom. The quantitative estimate of drug-likeness (QED) is 0.870. The number of benzene rings is 1. The van der Waals surface area contributed by atoms with E-state index in [0.29, 0.717) is 24.9 Å². The lowest BCUT2D eigenvalue weighted by Gasteiger charge is -2.23. The monoisotopic (exact) mass is 333 g/mol. The van der Waals surface area contributed by atoms with Crippen molar-refractivity contribution in [2.75, 3.05) is 24.6 Å². The van der Waals surface area contributed by atoms with Crippen molar-refractivity contribution in [2.45, 2.75) is 19.8 Å². The predicted molar refractivity (Wildman–Crippen MR) is 83.9 cm³/mol. The number of halogens is 2. The smallest absolute Gasteiger partial charge is 0.150 e. The van der Waals surface area contributed by atoms with Gasteiger partial charge in [-0.25, -0.2) is 12.8 Å². The van der Waals surface area contributed by atoms with Crippen LogP contribution in [0.2, 0.25) is 5.02 Å². The topological polar surface area (TPSA) is 46.2 Å². The first kappa shape index (κ1) is 16.7. The van der Waals surface area contributed by atoms with Crippen molar-refractivity contribution in [3.63, 3.8) is 0 Å². The van der Waals surface area contributed by atoms with Gasteiger partial charge in [-0.1, -0.05) is 30.7 Å². The fourth-order valence-electron chi connectivity index (χ4n) is 2.92. The number of rotatable bonds is 6. The first-order valence-corrected chi connectivity index (χ1v) is 9.47. The van der Waals surface area contributed by atoms with Crippen LogP contribution in [-0.4, -0.2) is 33.0 Å². The van der Waals surface area contributed by atoms with Crippen molar-refractivity contribution >= 4 is 21.4 Å². The molecule has 2 rings (SSSR count). The van der Waals surface area contributed by atoms with Crippen molar-refractivity contribution in [2.24, 2.45) is 11.8 Å². The highest BCUT2D eigenvalue weighted by Crippen LogP contribution is 2.30. The molecule has 0 spiro atoms. The van der Waals surface area contributed by atoms with Crippen LogP contribution in [-0.2, 0) is 16.3 Å². The third-order valence-corrected chi connectivity index (χ3v) is 6.19. The molecule has 1 aliphatic heterocycles. The van der Waals surface area contributed by atoms with E-state index in [9.17, 15) is 12.8 Å². The summed E-state index contributed by atoms with van der Waals surface area (Å²) in [6.07, 6.45) is 1.18. The van der Waals surface area contributed by atoms with Gasteiger partial charge in [-0.05, 0) is 49.4 Å². The van der Waals surface area contributed by atoms with Crippen LogP contribution in [0.4, 0.5) is 4.39 Å². The Bertz CT molecular complexity index is 591. The van der Waals surface area contributed by atoms with Crippen LogP contribution in [0.5, 0.6) is 0 Å². The molecule has 0 aliphatic carbocycles. The molecule has 0 aromatic heterocycles. The standard InChI is InChI=1S/C15H21ClFNO2S/c1-2-18-9-13(12-6-7-21(19,20)10-12)8-11-4-3-5-14(16)15(11)17/h3-5,12-13,18H,2,6-10H2,1H3. The first-order valence-electron chi connectivity index (χ1n) is 7.27. The minimum absolute atomic E-state index is 0.0902. The second-order valence-electron chi connectivity index (χ2n) is 5.65. The molecule has 2 unspecified atom stereocenters. The Hall–Kier alpha value is -0.650. The van der Waals surface area contributed by atoms with E-state index in [1.807, 2.05) is 6.92 Å². The van der Waals surface area contributed by atoms with Gasteiger partial charge in [-0.15, -0.1) is 0 Å². The van der Waals surface area contributed by atoms with Crippen LogP contribution in [0, 0.1) is 17.7 Å². The number of sulfone groups is 1. The van der Waals surface area contributed by atoms with Gasteiger partial charge in [0.1, 0.15) is 5.82 Å². The van der Waals surface area contributed by atoms with Gasteiger partial charge < -0.3 is 5.32 Å². The number of hydrogen-bond donors (Lipinski definition) is 1. The van der Waals surface area contributed by atoms with E-state index in [0.717, 1.165) is 6.54 Å². The summed E-state index contributed by atoms with van der Waals surface area (Å²) < 4.78 is 37.4. The lowest BCUT2D eigenvalue weighted by Crippen LogP contribution is -2.30. The van der Waals surface area contributed by atoms with E-state index >= 15 is 0 Å². The molecule has 2 atom stereocenters. The van der Waals surface area contributed by atoms with Gasteiger partial charge in [0.15, 0.2) is 9.84 Å². The highest BCUT2D eigenvalue weighted by Gasteiger charge is 2.33. The van der Waals surface area contributed by atoms with Gasteiger partial charge in [0.2, 0.25) is 0 Å². The maximum Gasteiger partial charge on any atom is 0.150 e. The van der Waals surface area contributed by atoms with Crippen molar-refractivity contribution in [1.29, 1.82) is 0 Å². The summed E-state index contributed by atoms with van der Waals surface area (Å²) in [6, 6.07) is 4.99. The average molecular weight is 334 g/mol. The van der Waals surface area contributed by atoms with Crippen LogP contribution < -0.4 is 5.32 Å². The molecule has 1 heterocycles. The van der Waals surface area contributed by atoms with E-state index in [2.05, 4.69) is 5.32 Å². The highest BCUT2D eigenvalue weighted by atomic mass is 35.5. The second kappa shape index (κ2) is 7.07. The van der Waals surface area contributed by atoms with Gasteiger partial charge >= 0.3 is 0 Å². The fourth-order valence-corrected chi connectivity index (χ4v) is 5.03. The SMILES string of the molecule is CCNCC(Cc1cccc(Cl)c1F)C1CCS(=O)(=O)C1. The van der Waals surface area contributed by atoms with Crippen LogP contribution in [0.15, 0.2) is 18.2 Å². The normalized spacial score (nSPS) is 22.3. The molecule has 118 valence electrons. The Morgan fingerprint density at radius 3 is 2.86 bits per heavy atom. The van der Waals surface area contributed by atoms with E-state index in [4.69, 9.17) is 11.6 Å². The molecule has 1 aromatic rings. The van der Waals surface area contributed by atoms with E-state index in [-0.39, 0.29) is 34.2 Å². The molecule has 0 radical (unpaired) electrons. The third kappa shape index (κ3) is 4.41. The molecular formula is C15H21ClFNO2S. The summed E-state index contributed by atoms with van der Waals surface area (Å²) >= 11 is 5.82. The summed E-state index contributed by atoms with van der Waals surface area (Å²) in [7, 11) is -2.92. The van der Waals surface area contributed by atoms with Crippen molar-refractivity contribution in [3.8, 4) is 0 Å². The molecular weight excluding hydrogens is 313 g/mol. The molecule has 0 saturated carbocycles. The van der Waals surface area contributed by atoms with Crippen molar-refractivity contribution < 1.29 is 12.8 Å². The van der Waals surface area contributed by atoms with Gasteiger partial charge in [-0.3, -0.25) is 0 Å². The molecule has 1 saturated heterocycles. The fraction of sp³-hybridized carbons (Fsp3) is 0.600. The lowest BCUT2D eigenvalue weighted by atomic mass is 9.86. The van der Waals surface area contributed by atoms with Crippen molar-refractivity contribution in [1.82, 2.24) is 5.32 Å². The zero-order chi connectivity index (χ0) is 15.5. The number of nitrogens with one attached hydrogen (secondary N) is 1. The molecule has 0 bridgehead atoms. The van der Waals surface area contributed by atoms with Gasteiger partial charge in [0, 0.05) is 0 Å². The predicted octanol–water partition coefficient (Wildman–Crippen LogP) is 2.68. The zero-order valence-electron chi connectivity index (χ0n) is 12.1. The largest absolute Gasteiger partial charge is 0.317 e. The summed E-state index contributed by atoms with van der Waals surface area (Å²) in [5.41, 5.74) is 0.565. The zero-order valence-corrected chi connectivity index (χ0v) is 13.7. The minimum atomic E-state index is -2.92. The van der Waals surface area contributed by atoms with Gasteiger partial charge in [0.05, 0.1) is 16.5 Å². The van der Waals surface area contributed by atoms with Gasteiger partial charge in [-0.2, -0.15) is 0 Å². The average Bonchev–Trinajstić information content (AvgIpc) is 2.79. The summed E-state index contributed by atoms with van der Waals surface area (Å²) in [6.45, 7) is 3.51. The Balaban J connectivity index is 2.15. The van der Waals surface area contributed by atoms with E-state index in [1.54, 1.807) is 12.1 Å². The Kier molecular flexibility index (Phi) is 5.63. The Labute approximate surface area is 130 Å². The lowest BCUT2D eigenvalue weighted by molar-refractivity contribution is 0.342. The van der Waals surface area contributed by atoms with E-state index in [1.165, 1.54) is 6.07 Å². The Morgan fingerprint density at radius 1 is 1.48 bits per heavy atom. The molecule has 1 aromatic carbocycles. The minimum Gasteiger partial charge on any atom is -0.317 e. The van der Waals surface area contributed by atoms with Crippen molar-refractivity contribution in [3.05, 3.63) is 34.6 Å². The van der Waals surface area contributed by atoms with Crippen LogP contribution in [0.3, 0.4) is 0 Å². The summed E-state index contributed by atoms with van der Waals surface area (Å²) in [4.78, 5) is 0. The maximum absolute atomic E-state index is 14.1. The summed E-state index contributed by atoms with van der Waals surface area (Å²) in [5.74, 6) is 0.271. The molecule has 6 heteroatoms. The third-order valence-electron chi connectivity index (χ3n) is 4.10. The molecule has 3 nitrogen and oxygen atoms in total. The van der Waals surface area contributed by atoms with E-state index < -0.39 is 9.84 Å². The van der Waals surface area contributed by atoms with Crippen LogP contribution in [0.1, 0.15) is 18.9 Å². The first-order chi connectivity index (χ1) is 9.93. The molecule has 1 aliphatic rings. The molecule has 0 amide bonds. The highest BCUT2D eigenvalue weighted by molar-refractivity contribution is 7.91. The molecule has 1 fully saturated rings. The summed E-state index contributed by atoms with van der Waals surface area (Å²) in [5, 5.41) is 3.38. The number of hydrogen-bond acceptors (Lipinski definition) is 3. The van der Waals surface area contributed by atoms with Crippen LogP contribution >= 0.6 is 11.6 Å². The van der Waals surface area contributed by atoms with Gasteiger partial charge in [0.25, 0.3) is 0 Å².